The van der Waals surface area contributed by atoms with E-state index in [9.17, 15) is 8.78 Å². The summed E-state index contributed by atoms with van der Waals surface area (Å²) in [4.78, 5) is 0. The molecule has 0 saturated carbocycles. The lowest BCUT2D eigenvalue weighted by Crippen LogP contribution is -2.00. The zero-order valence-corrected chi connectivity index (χ0v) is 14.3. The van der Waals surface area contributed by atoms with Crippen LogP contribution in [0.4, 0.5) is 8.78 Å². The van der Waals surface area contributed by atoms with E-state index in [0.29, 0.717) is 33.7 Å². The van der Waals surface area contributed by atoms with Crippen molar-refractivity contribution in [3.63, 3.8) is 0 Å². The van der Waals surface area contributed by atoms with Crippen molar-refractivity contribution in [2.45, 2.75) is 10.9 Å². The normalized spacial score (nSPS) is 11.0. The molecule has 4 aromatic rings. The van der Waals surface area contributed by atoms with Crippen LogP contribution in [0.15, 0.2) is 76.5 Å². The monoisotopic (exact) mass is 369 g/mol. The van der Waals surface area contributed by atoms with Crippen LogP contribution in [0.2, 0.25) is 0 Å². The van der Waals surface area contributed by atoms with Gasteiger partial charge in [0.2, 0.25) is 5.82 Å². The minimum Gasteiger partial charge on any atom is -0.461 e. The maximum atomic E-state index is 13.9. The predicted octanol–water partition coefficient (Wildman–Crippen LogP) is 5.10. The Labute approximate surface area is 152 Å². The minimum absolute atomic E-state index is 0.265. The fourth-order valence-corrected chi connectivity index (χ4v) is 3.45. The number of halogens is 2. The molecule has 2 heterocycles. The van der Waals surface area contributed by atoms with Crippen LogP contribution in [-0.2, 0) is 5.75 Å². The van der Waals surface area contributed by atoms with Crippen molar-refractivity contribution in [3.8, 4) is 17.3 Å². The molecule has 0 unspecified atom stereocenters. The fraction of sp³-hybridized carbons (Fsp3) is 0.0526. The molecule has 0 aliphatic rings. The average Bonchev–Trinajstić information content (AvgIpc) is 3.31. The second-order valence-corrected chi connectivity index (χ2v) is 6.42. The van der Waals surface area contributed by atoms with Gasteiger partial charge in [0.05, 0.1) is 12.0 Å². The number of aromatic nitrogens is 3. The summed E-state index contributed by atoms with van der Waals surface area (Å²) in [5.74, 6) is 0.836. The van der Waals surface area contributed by atoms with Gasteiger partial charge in [0.1, 0.15) is 11.6 Å². The van der Waals surface area contributed by atoms with Gasteiger partial charge in [-0.05, 0) is 48.0 Å². The highest BCUT2D eigenvalue weighted by atomic mass is 32.2. The number of furan rings is 1. The average molecular weight is 369 g/mol. The summed E-state index contributed by atoms with van der Waals surface area (Å²) in [7, 11) is 0. The Kier molecular flexibility index (Phi) is 4.53. The molecular weight excluding hydrogens is 356 g/mol. The van der Waals surface area contributed by atoms with Crippen LogP contribution in [0.25, 0.3) is 17.3 Å². The van der Waals surface area contributed by atoms with Crippen molar-refractivity contribution < 1.29 is 13.2 Å². The van der Waals surface area contributed by atoms with Gasteiger partial charge >= 0.3 is 0 Å². The molecule has 0 spiro atoms. The van der Waals surface area contributed by atoms with Gasteiger partial charge in [-0.25, -0.2) is 8.78 Å². The molecule has 7 heteroatoms. The zero-order chi connectivity index (χ0) is 17.9. The van der Waals surface area contributed by atoms with Crippen LogP contribution in [0.3, 0.4) is 0 Å². The quantitative estimate of drug-likeness (QED) is 0.459. The van der Waals surface area contributed by atoms with E-state index in [4.69, 9.17) is 4.42 Å². The first-order valence-corrected chi connectivity index (χ1v) is 8.82. The molecule has 130 valence electrons. The zero-order valence-electron chi connectivity index (χ0n) is 13.5. The Morgan fingerprint density at radius 2 is 1.73 bits per heavy atom. The van der Waals surface area contributed by atoms with E-state index in [2.05, 4.69) is 10.2 Å². The molecule has 0 amide bonds. The van der Waals surface area contributed by atoms with E-state index in [-0.39, 0.29) is 11.6 Å². The molecule has 26 heavy (non-hydrogen) atoms. The van der Waals surface area contributed by atoms with E-state index in [1.807, 2.05) is 0 Å². The minimum atomic E-state index is -0.332. The number of rotatable bonds is 5. The maximum Gasteiger partial charge on any atom is 0.205 e. The molecule has 0 fully saturated rings. The molecule has 0 bridgehead atoms. The Balaban J connectivity index is 1.72. The number of hydrogen-bond acceptors (Lipinski definition) is 4. The van der Waals surface area contributed by atoms with Crippen LogP contribution in [0.5, 0.6) is 0 Å². The summed E-state index contributed by atoms with van der Waals surface area (Å²) >= 11 is 1.35. The van der Waals surface area contributed by atoms with Gasteiger partial charge in [0, 0.05) is 5.75 Å². The fourth-order valence-electron chi connectivity index (χ4n) is 2.51. The van der Waals surface area contributed by atoms with Crippen molar-refractivity contribution in [2.24, 2.45) is 0 Å². The molecule has 0 saturated heterocycles. The Bertz CT molecular complexity index is 1010. The van der Waals surface area contributed by atoms with E-state index in [0.717, 1.165) is 0 Å². The summed E-state index contributed by atoms with van der Waals surface area (Å²) in [6.07, 6.45) is 1.55. The lowest BCUT2D eigenvalue weighted by Gasteiger charge is -2.09. The van der Waals surface area contributed by atoms with Crippen LogP contribution < -0.4 is 0 Å². The van der Waals surface area contributed by atoms with Gasteiger partial charge in [0.15, 0.2) is 10.9 Å². The molecule has 0 aliphatic carbocycles. The summed E-state index contributed by atoms with van der Waals surface area (Å²) < 4.78 is 34.4. The molecule has 0 N–H and O–H groups in total. The van der Waals surface area contributed by atoms with Crippen LogP contribution in [0.1, 0.15) is 5.56 Å². The highest BCUT2D eigenvalue weighted by Crippen LogP contribution is 2.30. The highest BCUT2D eigenvalue weighted by molar-refractivity contribution is 7.98. The van der Waals surface area contributed by atoms with Gasteiger partial charge in [-0.3, -0.25) is 4.57 Å². The first kappa shape index (κ1) is 16.5. The highest BCUT2D eigenvalue weighted by Gasteiger charge is 2.18. The number of benzene rings is 2. The first-order valence-electron chi connectivity index (χ1n) is 7.84. The summed E-state index contributed by atoms with van der Waals surface area (Å²) in [6, 6.07) is 16.1. The van der Waals surface area contributed by atoms with Gasteiger partial charge in [0.25, 0.3) is 0 Å². The van der Waals surface area contributed by atoms with E-state index >= 15 is 0 Å². The second-order valence-electron chi connectivity index (χ2n) is 5.48. The molecule has 0 aliphatic heterocycles. The Morgan fingerprint density at radius 3 is 2.46 bits per heavy atom. The molecule has 4 rings (SSSR count). The summed E-state index contributed by atoms with van der Waals surface area (Å²) in [6.45, 7) is 0. The smallest absolute Gasteiger partial charge is 0.205 e. The topological polar surface area (TPSA) is 43.9 Å². The summed E-state index contributed by atoms with van der Waals surface area (Å²) in [5, 5.41) is 8.98. The Hall–Kier alpha value is -2.93. The van der Waals surface area contributed by atoms with Crippen molar-refractivity contribution in [1.29, 1.82) is 0 Å². The van der Waals surface area contributed by atoms with Crippen molar-refractivity contribution in [1.82, 2.24) is 14.8 Å². The molecule has 2 aromatic heterocycles. The van der Waals surface area contributed by atoms with Gasteiger partial charge < -0.3 is 4.42 Å². The third-order valence-corrected chi connectivity index (χ3v) is 4.75. The summed E-state index contributed by atoms with van der Waals surface area (Å²) in [5.41, 5.74) is 1.27. The van der Waals surface area contributed by atoms with Crippen molar-refractivity contribution in [3.05, 3.63) is 84.1 Å². The third-order valence-electron chi connectivity index (χ3n) is 3.77. The van der Waals surface area contributed by atoms with Crippen LogP contribution >= 0.6 is 11.8 Å². The van der Waals surface area contributed by atoms with Gasteiger partial charge in [-0.15, -0.1) is 10.2 Å². The predicted molar refractivity (Wildman–Crippen MR) is 95.0 cm³/mol. The second kappa shape index (κ2) is 7.13. The van der Waals surface area contributed by atoms with E-state index in [1.54, 1.807) is 53.3 Å². The largest absolute Gasteiger partial charge is 0.461 e. The maximum absolute atomic E-state index is 13.9. The standard InChI is InChI=1S/C19H13F2N3OS/c20-14-7-9-15(10-8-14)24-18(17-6-3-11-25-17)22-23-19(24)26-12-13-4-1-2-5-16(13)21/h1-11H,12H2. The van der Waals surface area contributed by atoms with Crippen molar-refractivity contribution in [2.75, 3.05) is 0 Å². The molecule has 0 radical (unpaired) electrons. The molecule has 2 aromatic carbocycles. The molecule has 4 nitrogen and oxygen atoms in total. The first-order chi connectivity index (χ1) is 12.7. The van der Waals surface area contributed by atoms with E-state index < -0.39 is 0 Å². The van der Waals surface area contributed by atoms with Crippen molar-refractivity contribution >= 4 is 11.8 Å². The molecular formula is C19H13F2N3OS. The van der Waals surface area contributed by atoms with Crippen LogP contribution in [0, 0.1) is 11.6 Å². The number of thioether (sulfide) groups is 1. The lowest BCUT2D eigenvalue weighted by molar-refractivity contribution is 0.575. The van der Waals surface area contributed by atoms with Gasteiger partial charge in [-0.2, -0.15) is 0 Å². The third kappa shape index (κ3) is 3.25. The van der Waals surface area contributed by atoms with E-state index in [1.165, 1.54) is 30.0 Å². The number of nitrogens with zero attached hydrogens (tertiary/aromatic N) is 3. The Morgan fingerprint density at radius 1 is 0.923 bits per heavy atom. The lowest BCUT2D eigenvalue weighted by atomic mass is 10.2. The number of hydrogen-bond donors (Lipinski definition) is 0. The molecule has 0 atom stereocenters. The SMILES string of the molecule is Fc1ccc(-n2c(SCc3ccccc3F)nnc2-c2ccco2)cc1. The van der Waals surface area contributed by atoms with Gasteiger partial charge in [-0.1, -0.05) is 30.0 Å². The van der Waals surface area contributed by atoms with Crippen LogP contribution in [-0.4, -0.2) is 14.8 Å².